The summed E-state index contributed by atoms with van der Waals surface area (Å²) in [5, 5.41) is 0. The van der Waals surface area contributed by atoms with E-state index in [0.717, 1.165) is 38.0 Å². The summed E-state index contributed by atoms with van der Waals surface area (Å²) in [5.74, 6) is 0.256. The second-order valence-electron chi connectivity index (χ2n) is 5.56. The van der Waals surface area contributed by atoms with Crippen LogP contribution in [0, 0.1) is 11.7 Å². The van der Waals surface area contributed by atoms with Crippen LogP contribution in [0.1, 0.15) is 38.3 Å². The van der Waals surface area contributed by atoms with E-state index >= 15 is 0 Å². The Morgan fingerprint density at radius 2 is 2.00 bits per heavy atom. The first-order valence-electron chi connectivity index (χ1n) is 7.56. The molecule has 2 unspecified atom stereocenters. The Morgan fingerprint density at radius 1 is 1.30 bits per heavy atom. The Hall–Kier alpha value is -1.13. The Balaban J connectivity index is 2.08. The van der Waals surface area contributed by atoms with Crippen molar-refractivity contribution < 1.29 is 9.13 Å². The van der Waals surface area contributed by atoms with Gasteiger partial charge in [0.1, 0.15) is 0 Å². The maximum Gasteiger partial charge on any atom is 0.165 e. The molecule has 1 aliphatic heterocycles. The molecule has 1 aliphatic rings. The molecule has 0 bridgehead atoms. The highest BCUT2D eigenvalue weighted by atomic mass is 19.1. The van der Waals surface area contributed by atoms with Crippen molar-refractivity contribution in [2.45, 2.75) is 32.7 Å². The van der Waals surface area contributed by atoms with Crippen molar-refractivity contribution in [1.82, 2.24) is 4.90 Å². The molecule has 3 nitrogen and oxygen atoms in total. The molecule has 112 valence electrons. The molecule has 4 heteroatoms. The third-order valence-corrected chi connectivity index (χ3v) is 3.88. The molecule has 2 N–H and O–H groups in total. The van der Waals surface area contributed by atoms with Crippen LogP contribution in [0.5, 0.6) is 5.75 Å². The van der Waals surface area contributed by atoms with Crippen LogP contribution in [0.2, 0.25) is 0 Å². The van der Waals surface area contributed by atoms with Crippen molar-refractivity contribution in [3.63, 3.8) is 0 Å². The van der Waals surface area contributed by atoms with Gasteiger partial charge in [-0.1, -0.05) is 26.0 Å². The van der Waals surface area contributed by atoms with Crippen molar-refractivity contribution in [1.29, 1.82) is 0 Å². The van der Waals surface area contributed by atoms with E-state index in [4.69, 9.17) is 10.5 Å². The lowest BCUT2D eigenvalue weighted by molar-refractivity contribution is 0.134. The number of rotatable bonds is 6. The van der Waals surface area contributed by atoms with Gasteiger partial charge in [0.25, 0.3) is 0 Å². The second-order valence-corrected chi connectivity index (χ2v) is 5.56. The molecule has 1 aromatic carbocycles. The first kappa shape index (κ1) is 15.3. The fraction of sp³-hybridized carbons (Fsp3) is 0.625. The fourth-order valence-corrected chi connectivity index (χ4v) is 2.91. The molecule has 0 saturated heterocycles. The van der Waals surface area contributed by atoms with Crippen molar-refractivity contribution in [3.8, 4) is 5.75 Å². The van der Waals surface area contributed by atoms with Crippen LogP contribution in [-0.2, 0) is 0 Å². The first-order valence-corrected chi connectivity index (χ1v) is 7.56. The third-order valence-electron chi connectivity index (χ3n) is 3.88. The smallest absolute Gasteiger partial charge is 0.165 e. The highest BCUT2D eigenvalue weighted by Gasteiger charge is 2.30. The molecule has 1 aromatic rings. The monoisotopic (exact) mass is 280 g/mol. The summed E-state index contributed by atoms with van der Waals surface area (Å²) in [7, 11) is 0. The zero-order chi connectivity index (χ0) is 14.5. The topological polar surface area (TPSA) is 38.5 Å². The van der Waals surface area contributed by atoms with E-state index in [2.05, 4.69) is 18.7 Å². The maximum absolute atomic E-state index is 13.7. The highest BCUT2D eigenvalue weighted by molar-refractivity contribution is 5.39. The number of benzene rings is 1. The third kappa shape index (κ3) is 3.30. The zero-order valence-electron chi connectivity index (χ0n) is 12.4. The summed E-state index contributed by atoms with van der Waals surface area (Å²) < 4.78 is 19.3. The Kier molecular flexibility index (Phi) is 5.38. The average molecular weight is 280 g/mol. The second kappa shape index (κ2) is 7.04. The minimum Gasteiger partial charge on any atom is -0.490 e. The number of hydrogen-bond acceptors (Lipinski definition) is 3. The molecule has 0 fully saturated rings. The van der Waals surface area contributed by atoms with Crippen molar-refractivity contribution >= 4 is 0 Å². The number of halogens is 1. The normalized spacial score (nSPS) is 21.6. The largest absolute Gasteiger partial charge is 0.490 e. The van der Waals surface area contributed by atoms with Crippen LogP contribution in [0.25, 0.3) is 0 Å². The average Bonchev–Trinajstić information content (AvgIpc) is 2.43. The molecule has 1 heterocycles. The van der Waals surface area contributed by atoms with Gasteiger partial charge < -0.3 is 15.4 Å². The summed E-state index contributed by atoms with van der Waals surface area (Å²) in [6.45, 7) is 7.94. The fourth-order valence-electron chi connectivity index (χ4n) is 2.91. The molecule has 2 rings (SSSR count). The van der Waals surface area contributed by atoms with Gasteiger partial charge in [0, 0.05) is 24.1 Å². The Morgan fingerprint density at radius 3 is 2.65 bits per heavy atom. The number of para-hydroxylation sites is 1. The predicted octanol–water partition coefficient (Wildman–Crippen LogP) is 2.96. The van der Waals surface area contributed by atoms with E-state index in [1.165, 1.54) is 6.07 Å². The minimum absolute atomic E-state index is 0.148. The summed E-state index contributed by atoms with van der Waals surface area (Å²) in [4.78, 5) is 2.43. The Bertz CT molecular complexity index is 432. The molecule has 0 aromatic heterocycles. The maximum atomic E-state index is 13.7. The van der Waals surface area contributed by atoms with Gasteiger partial charge in [-0.15, -0.1) is 0 Å². The van der Waals surface area contributed by atoms with Crippen LogP contribution in [0.15, 0.2) is 18.2 Å². The minimum atomic E-state index is -0.310. The van der Waals surface area contributed by atoms with E-state index in [1.807, 2.05) is 6.07 Å². The predicted molar refractivity (Wildman–Crippen MR) is 79.3 cm³/mol. The molecule has 0 saturated carbocycles. The molecule has 2 atom stereocenters. The SMILES string of the molecule is CCCN(CCC)CC1COc2c(F)cccc2C1N. The molecular weight excluding hydrogens is 255 g/mol. The van der Waals surface area contributed by atoms with Crippen LogP contribution in [-0.4, -0.2) is 31.1 Å². The van der Waals surface area contributed by atoms with Crippen LogP contribution in [0.3, 0.4) is 0 Å². The van der Waals surface area contributed by atoms with Gasteiger partial charge in [-0.05, 0) is 32.0 Å². The summed E-state index contributed by atoms with van der Waals surface area (Å²) in [6.07, 6.45) is 2.27. The van der Waals surface area contributed by atoms with Gasteiger partial charge in [-0.25, -0.2) is 4.39 Å². The number of fused-ring (bicyclic) bond motifs is 1. The van der Waals surface area contributed by atoms with Crippen LogP contribution >= 0.6 is 0 Å². The van der Waals surface area contributed by atoms with Crippen LogP contribution in [0.4, 0.5) is 4.39 Å². The molecule has 0 amide bonds. The lowest BCUT2D eigenvalue weighted by Crippen LogP contribution is -2.41. The van der Waals surface area contributed by atoms with E-state index in [9.17, 15) is 4.39 Å². The highest BCUT2D eigenvalue weighted by Crippen LogP contribution is 2.35. The van der Waals surface area contributed by atoms with Crippen molar-refractivity contribution in [3.05, 3.63) is 29.6 Å². The number of ether oxygens (including phenoxy) is 1. The molecular formula is C16H25FN2O. The number of nitrogens with two attached hydrogens (primary N) is 1. The van der Waals surface area contributed by atoms with Crippen molar-refractivity contribution in [2.24, 2.45) is 11.7 Å². The van der Waals surface area contributed by atoms with E-state index in [-0.39, 0.29) is 17.8 Å². The number of nitrogens with zero attached hydrogens (tertiary/aromatic N) is 1. The lowest BCUT2D eigenvalue weighted by Gasteiger charge is -2.35. The number of hydrogen-bond donors (Lipinski definition) is 1. The quantitative estimate of drug-likeness (QED) is 0.870. The summed E-state index contributed by atoms with van der Waals surface area (Å²) in [6, 6.07) is 4.85. The zero-order valence-corrected chi connectivity index (χ0v) is 12.4. The summed E-state index contributed by atoms with van der Waals surface area (Å²) >= 11 is 0. The first-order chi connectivity index (χ1) is 9.67. The van der Waals surface area contributed by atoms with Crippen molar-refractivity contribution in [2.75, 3.05) is 26.2 Å². The molecule has 0 aliphatic carbocycles. The van der Waals surface area contributed by atoms with Crippen LogP contribution < -0.4 is 10.5 Å². The van der Waals surface area contributed by atoms with E-state index in [0.29, 0.717) is 12.4 Å². The molecule has 0 spiro atoms. The van der Waals surface area contributed by atoms with Gasteiger partial charge >= 0.3 is 0 Å². The molecule has 20 heavy (non-hydrogen) atoms. The standard InChI is InChI=1S/C16H25FN2O/c1-3-8-19(9-4-2)10-12-11-20-16-13(15(12)18)6-5-7-14(16)17/h5-7,12,15H,3-4,8-11,18H2,1-2H3. The van der Waals surface area contributed by atoms with Gasteiger partial charge in [0.2, 0.25) is 0 Å². The van der Waals surface area contributed by atoms with Gasteiger partial charge in [-0.3, -0.25) is 0 Å². The lowest BCUT2D eigenvalue weighted by atomic mass is 9.90. The molecule has 0 radical (unpaired) electrons. The Labute approximate surface area is 120 Å². The van der Waals surface area contributed by atoms with Gasteiger partial charge in [-0.2, -0.15) is 0 Å². The van der Waals surface area contributed by atoms with Gasteiger partial charge in [0.05, 0.1) is 6.61 Å². The van der Waals surface area contributed by atoms with E-state index in [1.54, 1.807) is 6.07 Å². The summed E-state index contributed by atoms with van der Waals surface area (Å²) in [5.41, 5.74) is 7.13. The van der Waals surface area contributed by atoms with E-state index < -0.39 is 0 Å². The van der Waals surface area contributed by atoms with Gasteiger partial charge in [0.15, 0.2) is 11.6 Å².